The lowest BCUT2D eigenvalue weighted by molar-refractivity contribution is 0.172. The maximum atomic E-state index is 12.8. The van der Waals surface area contributed by atoms with E-state index in [1.165, 1.54) is 0 Å². The number of benzene rings is 2. The molecule has 0 fully saturated rings. The fourth-order valence-electron chi connectivity index (χ4n) is 3.55. The number of aliphatic hydroxyl groups excluding tert-OH is 1. The SMILES string of the molecule is Cc1cccc(NC(=S)N(CCCO)Cc2cc3cc4c(cc3[nH]c2=O)OCCO4)c1. The van der Waals surface area contributed by atoms with E-state index in [-0.39, 0.29) is 12.2 Å². The van der Waals surface area contributed by atoms with Crippen molar-refractivity contribution in [2.45, 2.75) is 19.9 Å². The normalized spacial score (nSPS) is 12.6. The van der Waals surface area contributed by atoms with Crippen LogP contribution in [-0.4, -0.2) is 46.5 Å². The highest BCUT2D eigenvalue weighted by Crippen LogP contribution is 2.33. The highest BCUT2D eigenvalue weighted by atomic mass is 32.1. The van der Waals surface area contributed by atoms with Crippen LogP contribution in [0.1, 0.15) is 17.5 Å². The van der Waals surface area contributed by atoms with Crippen molar-refractivity contribution in [3.05, 3.63) is 63.9 Å². The molecule has 0 radical (unpaired) electrons. The molecule has 8 heteroatoms. The number of hydrogen-bond acceptors (Lipinski definition) is 5. The molecule has 0 aliphatic carbocycles. The number of anilines is 1. The molecule has 162 valence electrons. The van der Waals surface area contributed by atoms with Gasteiger partial charge in [0, 0.05) is 35.9 Å². The third kappa shape index (κ3) is 4.98. The van der Waals surface area contributed by atoms with Crippen molar-refractivity contribution < 1.29 is 14.6 Å². The highest BCUT2D eigenvalue weighted by molar-refractivity contribution is 7.80. The molecule has 1 aliphatic rings. The molecule has 0 spiro atoms. The summed E-state index contributed by atoms with van der Waals surface area (Å²) in [7, 11) is 0. The quantitative estimate of drug-likeness (QED) is 0.509. The number of fused-ring (bicyclic) bond motifs is 2. The third-order valence-corrected chi connectivity index (χ3v) is 5.45. The Labute approximate surface area is 185 Å². The molecule has 0 amide bonds. The minimum atomic E-state index is -0.184. The van der Waals surface area contributed by atoms with Crippen molar-refractivity contribution in [2.24, 2.45) is 0 Å². The third-order valence-electron chi connectivity index (χ3n) is 5.09. The van der Waals surface area contributed by atoms with Gasteiger partial charge < -0.3 is 29.8 Å². The molecule has 0 atom stereocenters. The molecule has 1 aliphatic heterocycles. The van der Waals surface area contributed by atoms with Crippen LogP contribution in [0, 0.1) is 6.92 Å². The van der Waals surface area contributed by atoms with Gasteiger partial charge in [0.1, 0.15) is 13.2 Å². The summed E-state index contributed by atoms with van der Waals surface area (Å²) >= 11 is 5.62. The highest BCUT2D eigenvalue weighted by Gasteiger charge is 2.16. The maximum absolute atomic E-state index is 12.8. The van der Waals surface area contributed by atoms with Crippen LogP contribution in [-0.2, 0) is 6.54 Å². The van der Waals surface area contributed by atoms with Gasteiger partial charge in [-0.25, -0.2) is 0 Å². The number of aromatic nitrogens is 1. The summed E-state index contributed by atoms with van der Waals surface area (Å²) in [5, 5.41) is 13.9. The molecule has 7 nitrogen and oxygen atoms in total. The van der Waals surface area contributed by atoms with Crippen LogP contribution in [0.2, 0.25) is 0 Å². The van der Waals surface area contributed by atoms with Gasteiger partial charge in [-0.15, -0.1) is 0 Å². The molecule has 3 N–H and O–H groups in total. The Morgan fingerprint density at radius 1 is 1.19 bits per heavy atom. The molecule has 0 saturated heterocycles. The van der Waals surface area contributed by atoms with Gasteiger partial charge in [0.2, 0.25) is 0 Å². The zero-order valence-electron chi connectivity index (χ0n) is 17.3. The predicted octanol–water partition coefficient (Wildman–Crippen LogP) is 3.19. The van der Waals surface area contributed by atoms with Gasteiger partial charge in [-0.05, 0) is 55.4 Å². The van der Waals surface area contributed by atoms with E-state index in [1.807, 2.05) is 48.2 Å². The Morgan fingerprint density at radius 2 is 1.97 bits per heavy atom. The van der Waals surface area contributed by atoms with Crippen molar-refractivity contribution >= 4 is 33.9 Å². The van der Waals surface area contributed by atoms with Crippen LogP contribution in [0.4, 0.5) is 5.69 Å². The average molecular weight is 440 g/mol. The first-order valence-electron chi connectivity index (χ1n) is 10.2. The molecule has 0 bridgehead atoms. The Morgan fingerprint density at radius 3 is 2.71 bits per heavy atom. The second-order valence-corrected chi connectivity index (χ2v) is 7.89. The Kier molecular flexibility index (Phi) is 6.39. The lowest BCUT2D eigenvalue weighted by atomic mass is 10.1. The number of H-pyrrole nitrogens is 1. The summed E-state index contributed by atoms with van der Waals surface area (Å²) in [4.78, 5) is 17.6. The molecule has 31 heavy (non-hydrogen) atoms. The number of hydrogen-bond donors (Lipinski definition) is 3. The number of nitrogens with one attached hydrogen (secondary N) is 2. The van der Waals surface area contributed by atoms with E-state index in [0.29, 0.717) is 60.4 Å². The zero-order chi connectivity index (χ0) is 21.8. The average Bonchev–Trinajstić information content (AvgIpc) is 2.75. The predicted molar refractivity (Wildman–Crippen MR) is 125 cm³/mol. The van der Waals surface area contributed by atoms with E-state index in [9.17, 15) is 9.90 Å². The van der Waals surface area contributed by atoms with Crippen molar-refractivity contribution in [2.75, 3.05) is 31.7 Å². The molecule has 0 unspecified atom stereocenters. The molecule has 3 aromatic rings. The summed E-state index contributed by atoms with van der Waals surface area (Å²) in [6.45, 7) is 3.89. The number of aliphatic hydroxyl groups is 1. The summed E-state index contributed by atoms with van der Waals surface area (Å²) in [6, 6.07) is 13.4. The minimum Gasteiger partial charge on any atom is -0.486 e. The first-order valence-corrected chi connectivity index (χ1v) is 10.6. The fourth-order valence-corrected chi connectivity index (χ4v) is 3.82. The number of pyridine rings is 1. The largest absolute Gasteiger partial charge is 0.486 e. The van der Waals surface area contributed by atoms with Gasteiger partial charge in [0.05, 0.1) is 12.1 Å². The van der Waals surface area contributed by atoms with Crippen LogP contribution in [0.3, 0.4) is 0 Å². The standard InChI is InChI=1S/C23H25N3O4S/c1-15-4-2-5-18(10-15)24-23(31)26(6-3-7-27)14-17-11-16-12-20-21(30-9-8-29-20)13-19(16)25-22(17)28/h2,4-5,10-13,27H,3,6-9,14H2,1H3,(H,24,31)(H,25,28). The number of aromatic amines is 1. The van der Waals surface area contributed by atoms with Crippen LogP contribution in [0.25, 0.3) is 10.9 Å². The molecule has 0 saturated carbocycles. The van der Waals surface area contributed by atoms with Crippen LogP contribution in [0.15, 0.2) is 47.3 Å². The van der Waals surface area contributed by atoms with E-state index in [2.05, 4.69) is 10.3 Å². The van der Waals surface area contributed by atoms with Gasteiger partial charge in [-0.2, -0.15) is 0 Å². The molecule has 2 heterocycles. The van der Waals surface area contributed by atoms with Gasteiger partial charge in [-0.3, -0.25) is 4.79 Å². The Bertz CT molecular complexity index is 1160. The number of thiocarbonyl (C=S) groups is 1. The number of ether oxygens (including phenoxy) is 2. The zero-order valence-corrected chi connectivity index (χ0v) is 18.1. The second kappa shape index (κ2) is 9.36. The summed E-state index contributed by atoms with van der Waals surface area (Å²) in [6.07, 6.45) is 0.541. The molecule has 2 aromatic carbocycles. The number of rotatable bonds is 6. The molecule has 4 rings (SSSR count). The number of nitrogens with zero attached hydrogens (tertiary/aromatic N) is 1. The van der Waals surface area contributed by atoms with E-state index >= 15 is 0 Å². The number of aryl methyl sites for hydroxylation is 1. The van der Waals surface area contributed by atoms with Crippen molar-refractivity contribution in [3.63, 3.8) is 0 Å². The lowest BCUT2D eigenvalue weighted by Crippen LogP contribution is -2.37. The van der Waals surface area contributed by atoms with Crippen molar-refractivity contribution in [1.29, 1.82) is 0 Å². The van der Waals surface area contributed by atoms with Gasteiger partial charge in [-0.1, -0.05) is 12.1 Å². The monoisotopic (exact) mass is 439 g/mol. The molecular formula is C23H25N3O4S. The smallest absolute Gasteiger partial charge is 0.253 e. The van der Waals surface area contributed by atoms with Crippen LogP contribution >= 0.6 is 12.2 Å². The van der Waals surface area contributed by atoms with Gasteiger partial charge in [0.25, 0.3) is 5.56 Å². The summed E-state index contributed by atoms with van der Waals surface area (Å²) in [5.74, 6) is 1.31. The van der Waals surface area contributed by atoms with E-state index in [1.54, 1.807) is 6.07 Å². The topological polar surface area (TPSA) is 86.8 Å². The second-order valence-electron chi connectivity index (χ2n) is 7.51. The van der Waals surface area contributed by atoms with Gasteiger partial charge >= 0.3 is 0 Å². The molecular weight excluding hydrogens is 414 g/mol. The summed E-state index contributed by atoms with van der Waals surface area (Å²) < 4.78 is 11.3. The van der Waals surface area contributed by atoms with E-state index < -0.39 is 0 Å². The van der Waals surface area contributed by atoms with Crippen molar-refractivity contribution in [3.8, 4) is 11.5 Å². The minimum absolute atomic E-state index is 0.0428. The lowest BCUT2D eigenvalue weighted by Gasteiger charge is -2.26. The van der Waals surface area contributed by atoms with Crippen LogP contribution in [0.5, 0.6) is 11.5 Å². The molecule has 1 aromatic heterocycles. The first-order chi connectivity index (χ1) is 15.0. The first kappa shape index (κ1) is 21.1. The van der Waals surface area contributed by atoms with E-state index in [4.69, 9.17) is 21.7 Å². The maximum Gasteiger partial charge on any atom is 0.253 e. The summed E-state index contributed by atoms with van der Waals surface area (Å²) in [5.41, 5.74) is 3.10. The van der Waals surface area contributed by atoms with Gasteiger partial charge in [0.15, 0.2) is 16.6 Å². The fraction of sp³-hybridized carbons (Fsp3) is 0.304. The van der Waals surface area contributed by atoms with Crippen molar-refractivity contribution in [1.82, 2.24) is 9.88 Å². The van der Waals surface area contributed by atoms with Crippen LogP contribution < -0.4 is 20.3 Å². The van der Waals surface area contributed by atoms with E-state index in [0.717, 1.165) is 16.6 Å². The Hall–Kier alpha value is -3.10. The Balaban J connectivity index is 1.60.